The van der Waals surface area contributed by atoms with E-state index in [0.717, 1.165) is 0 Å². The summed E-state index contributed by atoms with van der Waals surface area (Å²) in [5.41, 5.74) is 0. The lowest BCUT2D eigenvalue weighted by Crippen LogP contribution is -2.12. The first-order valence-corrected chi connectivity index (χ1v) is 15.7. The van der Waals surface area contributed by atoms with Crippen molar-refractivity contribution in [3.63, 3.8) is 0 Å². The van der Waals surface area contributed by atoms with E-state index in [0.29, 0.717) is 41.9 Å². The summed E-state index contributed by atoms with van der Waals surface area (Å²) >= 11 is 0. The topological polar surface area (TPSA) is 91.3 Å². The molecule has 1 N–H and O–H groups in total. The average Bonchev–Trinajstić information content (AvgIpc) is 2.96. The maximum absolute atomic E-state index is 12.7. The SMILES string of the molecule is CCOP(=O)(Oc1ccccc1)c1ccccc1.CCOP(=[18O])(OCC)c1ccccc1.Oc1ccccc1. The Hall–Kier alpha value is -3.18. The number of aromatic hydroxyl groups is 1. The molecular formula is C30H36O7P2. The van der Waals surface area contributed by atoms with E-state index < -0.39 is 15.2 Å². The van der Waals surface area contributed by atoms with Gasteiger partial charge in [0.1, 0.15) is 11.5 Å². The molecule has 0 aromatic heterocycles. The lowest BCUT2D eigenvalue weighted by Gasteiger charge is -2.18. The minimum atomic E-state index is -3.29. The Balaban J connectivity index is 0.000000224. The second kappa shape index (κ2) is 17.4. The van der Waals surface area contributed by atoms with Crippen molar-refractivity contribution in [2.24, 2.45) is 0 Å². The fraction of sp³-hybridized carbons (Fsp3) is 0.200. The lowest BCUT2D eigenvalue weighted by molar-refractivity contribution is 0.230. The van der Waals surface area contributed by atoms with Gasteiger partial charge in [-0.15, -0.1) is 0 Å². The van der Waals surface area contributed by atoms with Gasteiger partial charge >= 0.3 is 15.2 Å². The minimum Gasteiger partial charge on any atom is -0.508 e. The molecule has 0 bridgehead atoms. The van der Waals surface area contributed by atoms with Crippen molar-refractivity contribution < 1.29 is 32.3 Å². The fourth-order valence-electron chi connectivity index (χ4n) is 3.12. The number of rotatable bonds is 10. The second-order valence-electron chi connectivity index (χ2n) is 7.66. The Morgan fingerprint density at radius 2 is 0.974 bits per heavy atom. The van der Waals surface area contributed by atoms with E-state index in [9.17, 15) is 9.13 Å². The van der Waals surface area contributed by atoms with Gasteiger partial charge < -0.3 is 18.7 Å². The van der Waals surface area contributed by atoms with E-state index in [4.69, 9.17) is 23.2 Å². The van der Waals surface area contributed by atoms with Gasteiger partial charge in [-0.2, -0.15) is 0 Å². The molecule has 0 heterocycles. The van der Waals surface area contributed by atoms with Crippen molar-refractivity contribution in [3.05, 3.63) is 121 Å². The van der Waals surface area contributed by atoms with Crippen LogP contribution in [0.5, 0.6) is 11.5 Å². The summed E-state index contributed by atoms with van der Waals surface area (Å²) < 4.78 is 46.2. The van der Waals surface area contributed by atoms with E-state index in [2.05, 4.69) is 0 Å². The molecule has 0 amide bonds. The van der Waals surface area contributed by atoms with Crippen molar-refractivity contribution in [3.8, 4) is 11.5 Å². The van der Waals surface area contributed by atoms with E-state index in [-0.39, 0.29) is 0 Å². The standard InChI is InChI=1S/C14H15O3P.C10H15O3P.C6H6O/c1-2-16-18(15,14-11-7-4-8-12-14)17-13-9-5-3-6-10-13;1-3-12-14(11,13-4-2)10-8-6-5-7-9-10;7-6-4-2-1-3-5-6/h3-12H,2H2,1H3;5-9H,3-4H2,1-2H3;1-5,7H/i;11+2;. The highest BCUT2D eigenvalue weighted by Gasteiger charge is 2.28. The van der Waals surface area contributed by atoms with E-state index >= 15 is 0 Å². The third-order valence-corrected chi connectivity index (χ3v) is 8.87. The van der Waals surface area contributed by atoms with E-state index in [1.54, 1.807) is 81.4 Å². The molecule has 1 atom stereocenters. The number of phenols is 1. The zero-order valence-electron chi connectivity index (χ0n) is 22.5. The summed E-state index contributed by atoms with van der Waals surface area (Å²) in [6, 6.07) is 35.8. The van der Waals surface area contributed by atoms with Crippen LogP contribution in [0.15, 0.2) is 121 Å². The van der Waals surface area contributed by atoms with Gasteiger partial charge in [0.05, 0.1) is 30.4 Å². The Labute approximate surface area is 231 Å². The summed E-state index contributed by atoms with van der Waals surface area (Å²) in [7, 11) is -6.37. The fourth-order valence-corrected chi connectivity index (χ4v) is 6.29. The van der Waals surface area contributed by atoms with Gasteiger partial charge in [0.25, 0.3) is 0 Å². The number of phenolic OH excluding ortho intramolecular Hbond substituents is 1. The van der Waals surface area contributed by atoms with Crippen molar-refractivity contribution in [1.82, 2.24) is 0 Å². The first kappa shape index (κ1) is 32.0. The Morgan fingerprint density at radius 3 is 1.36 bits per heavy atom. The molecule has 0 saturated heterocycles. The molecule has 0 spiro atoms. The molecule has 0 radical (unpaired) electrons. The summed E-state index contributed by atoms with van der Waals surface area (Å²) in [6.45, 7) is 6.49. The minimum absolute atomic E-state index is 0.322. The zero-order valence-corrected chi connectivity index (χ0v) is 24.2. The predicted octanol–water partition coefficient (Wildman–Crippen LogP) is 7.59. The second-order valence-corrected chi connectivity index (χ2v) is 11.6. The van der Waals surface area contributed by atoms with Gasteiger partial charge in [-0.05, 0) is 69.3 Å². The van der Waals surface area contributed by atoms with Crippen LogP contribution in [-0.2, 0) is 22.7 Å². The molecule has 0 aliphatic heterocycles. The third-order valence-electron chi connectivity index (χ3n) is 4.77. The molecule has 208 valence electrons. The van der Waals surface area contributed by atoms with Gasteiger partial charge in [0, 0.05) is 0 Å². The highest BCUT2D eigenvalue weighted by atomic mass is 31.2. The quantitative estimate of drug-likeness (QED) is 0.155. The van der Waals surface area contributed by atoms with Crippen LogP contribution in [0.2, 0.25) is 0 Å². The smallest absolute Gasteiger partial charge is 0.410 e. The maximum Gasteiger partial charge on any atom is 0.410 e. The van der Waals surface area contributed by atoms with Gasteiger partial charge in [0.2, 0.25) is 0 Å². The lowest BCUT2D eigenvalue weighted by atomic mass is 10.3. The normalized spacial score (nSPS) is 12.1. The number of benzene rings is 4. The van der Waals surface area contributed by atoms with Gasteiger partial charge in [-0.1, -0.05) is 72.8 Å². The largest absolute Gasteiger partial charge is 0.508 e. The van der Waals surface area contributed by atoms with Crippen LogP contribution in [0.25, 0.3) is 0 Å². The van der Waals surface area contributed by atoms with Gasteiger partial charge in [-0.25, -0.2) is 4.57 Å². The van der Waals surface area contributed by atoms with Crippen molar-refractivity contribution >= 4 is 25.8 Å². The maximum atomic E-state index is 12.7. The Kier molecular flexibility index (Phi) is 14.3. The molecule has 7 nitrogen and oxygen atoms in total. The Bertz CT molecular complexity index is 1260. The number of para-hydroxylation sites is 2. The first-order chi connectivity index (χ1) is 18.9. The molecule has 0 aliphatic rings. The summed E-state index contributed by atoms with van der Waals surface area (Å²) in [4.78, 5) is 0. The predicted molar refractivity (Wildman–Crippen MR) is 157 cm³/mol. The zero-order chi connectivity index (χ0) is 28.4. The van der Waals surface area contributed by atoms with Gasteiger partial charge in [-0.3, -0.25) is 9.09 Å². The van der Waals surface area contributed by atoms with Gasteiger partial charge in [0.15, 0.2) is 0 Å². The highest BCUT2D eigenvalue weighted by molar-refractivity contribution is 7.62. The molecule has 39 heavy (non-hydrogen) atoms. The molecule has 4 rings (SSSR count). The molecule has 0 aliphatic carbocycles. The molecule has 9 heteroatoms. The summed E-state index contributed by atoms with van der Waals surface area (Å²) in [5.74, 6) is 0.862. The molecular weight excluding hydrogens is 536 g/mol. The number of hydrogen-bond donors (Lipinski definition) is 1. The first-order valence-electron chi connectivity index (χ1n) is 12.6. The van der Waals surface area contributed by atoms with Crippen LogP contribution in [0.3, 0.4) is 0 Å². The molecule has 4 aromatic rings. The highest BCUT2D eigenvalue weighted by Crippen LogP contribution is 2.47. The molecule has 4 aromatic carbocycles. The summed E-state index contributed by atoms with van der Waals surface area (Å²) in [6.07, 6.45) is 0. The Morgan fingerprint density at radius 1 is 0.590 bits per heavy atom. The monoisotopic (exact) mass is 572 g/mol. The van der Waals surface area contributed by atoms with Crippen LogP contribution in [0.4, 0.5) is 0 Å². The average molecular weight is 573 g/mol. The molecule has 1 unspecified atom stereocenters. The van der Waals surface area contributed by atoms with Crippen molar-refractivity contribution in [2.45, 2.75) is 20.8 Å². The van der Waals surface area contributed by atoms with Crippen LogP contribution in [-0.4, -0.2) is 24.9 Å². The number of hydrogen-bond acceptors (Lipinski definition) is 7. The van der Waals surface area contributed by atoms with Crippen LogP contribution in [0, 0.1) is 0 Å². The van der Waals surface area contributed by atoms with Crippen LogP contribution < -0.4 is 15.1 Å². The van der Waals surface area contributed by atoms with E-state index in [1.165, 1.54) is 0 Å². The molecule has 0 fully saturated rings. The van der Waals surface area contributed by atoms with Crippen LogP contribution in [0.1, 0.15) is 20.8 Å². The van der Waals surface area contributed by atoms with Crippen molar-refractivity contribution in [1.29, 1.82) is 0 Å². The summed E-state index contributed by atoms with van der Waals surface area (Å²) in [5, 5.41) is 9.81. The molecule has 0 saturated carbocycles. The van der Waals surface area contributed by atoms with Crippen LogP contribution >= 0.6 is 15.2 Å². The third kappa shape index (κ3) is 11.2. The van der Waals surface area contributed by atoms with E-state index in [1.807, 2.05) is 60.7 Å². The van der Waals surface area contributed by atoms with Crippen molar-refractivity contribution in [2.75, 3.05) is 19.8 Å².